The third-order valence-electron chi connectivity index (χ3n) is 5.10. The molecule has 0 saturated heterocycles. The monoisotopic (exact) mass is 446 g/mol. The molecule has 168 valence electrons. The van der Waals surface area contributed by atoms with Crippen LogP contribution in [0.15, 0.2) is 54.9 Å². The summed E-state index contributed by atoms with van der Waals surface area (Å²) in [6, 6.07) is 11.2. The standard InChI is InChI=1S/C22H21F3N4O3/c1-14(16-7-5-4-6-8-16)28(3)20(30)13-32-21(31)18-12-27-29(15(18)2)19-10-9-17(11-26-19)22(23,24)25/h4-12,14H,13H2,1-3H3/t14-/m1/s1. The fraction of sp³-hybridized carbons (Fsp3) is 0.273. The van der Waals surface area contributed by atoms with Gasteiger partial charge in [0.2, 0.25) is 0 Å². The maximum absolute atomic E-state index is 12.7. The number of halogens is 3. The largest absolute Gasteiger partial charge is 0.452 e. The van der Waals surface area contributed by atoms with Crippen LogP contribution in [0.2, 0.25) is 0 Å². The topological polar surface area (TPSA) is 77.3 Å². The van der Waals surface area contributed by atoms with Gasteiger partial charge in [-0.25, -0.2) is 14.5 Å². The molecule has 1 atom stereocenters. The van der Waals surface area contributed by atoms with Crippen LogP contribution in [0, 0.1) is 6.92 Å². The number of rotatable bonds is 6. The molecule has 0 aliphatic carbocycles. The van der Waals surface area contributed by atoms with Crippen molar-refractivity contribution in [1.29, 1.82) is 0 Å². The van der Waals surface area contributed by atoms with E-state index in [1.807, 2.05) is 37.3 Å². The highest BCUT2D eigenvalue weighted by Gasteiger charge is 2.31. The molecule has 0 saturated carbocycles. The van der Waals surface area contributed by atoms with E-state index >= 15 is 0 Å². The van der Waals surface area contributed by atoms with Crippen LogP contribution in [0.3, 0.4) is 0 Å². The minimum Gasteiger partial charge on any atom is -0.452 e. The Morgan fingerprint density at radius 3 is 2.41 bits per heavy atom. The van der Waals surface area contributed by atoms with Crippen molar-refractivity contribution < 1.29 is 27.5 Å². The predicted molar refractivity (Wildman–Crippen MR) is 109 cm³/mol. The third-order valence-corrected chi connectivity index (χ3v) is 5.10. The first-order chi connectivity index (χ1) is 15.1. The van der Waals surface area contributed by atoms with E-state index in [0.717, 1.165) is 17.7 Å². The van der Waals surface area contributed by atoms with Crippen LogP contribution in [0.25, 0.3) is 5.82 Å². The number of nitrogens with zero attached hydrogens (tertiary/aromatic N) is 4. The lowest BCUT2D eigenvalue weighted by molar-refractivity contribution is -0.138. The number of pyridine rings is 1. The van der Waals surface area contributed by atoms with Crippen molar-refractivity contribution in [2.75, 3.05) is 13.7 Å². The highest BCUT2D eigenvalue weighted by atomic mass is 19.4. The number of amides is 1. The lowest BCUT2D eigenvalue weighted by atomic mass is 10.1. The molecule has 3 rings (SSSR count). The van der Waals surface area contributed by atoms with Gasteiger partial charge in [-0.2, -0.15) is 18.3 Å². The quantitative estimate of drug-likeness (QED) is 0.536. The first-order valence-corrected chi connectivity index (χ1v) is 9.65. The van der Waals surface area contributed by atoms with Crippen molar-refractivity contribution in [2.24, 2.45) is 0 Å². The Hall–Kier alpha value is -3.69. The van der Waals surface area contributed by atoms with Crippen LogP contribution in [-0.4, -0.2) is 45.2 Å². The van der Waals surface area contributed by atoms with Gasteiger partial charge < -0.3 is 9.64 Å². The van der Waals surface area contributed by atoms with Crippen LogP contribution < -0.4 is 0 Å². The number of hydrogen-bond acceptors (Lipinski definition) is 5. The molecule has 0 N–H and O–H groups in total. The number of ether oxygens (including phenoxy) is 1. The second kappa shape index (κ2) is 9.21. The van der Waals surface area contributed by atoms with Gasteiger partial charge in [0.05, 0.1) is 23.5 Å². The van der Waals surface area contributed by atoms with E-state index in [2.05, 4.69) is 10.1 Å². The Balaban J connectivity index is 1.65. The summed E-state index contributed by atoms with van der Waals surface area (Å²) in [5.74, 6) is -1.04. The molecule has 10 heteroatoms. The van der Waals surface area contributed by atoms with E-state index in [1.165, 1.54) is 15.8 Å². The molecule has 0 fully saturated rings. The van der Waals surface area contributed by atoms with Crippen molar-refractivity contribution in [3.05, 3.63) is 77.2 Å². The molecule has 3 aromatic rings. The number of likely N-dealkylation sites (N-methyl/N-ethyl adjacent to an activating group) is 1. The lowest BCUT2D eigenvalue weighted by Crippen LogP contribution is -2.33. The second-order valence-electron chi connectivity index (χ2n) is 7.13. The summed E-state index contributed by atoms with van der Waals surface area (Å²) < 4.78 is 44.5. The number of carbonyl (C=O) groups excluding carboxylic acids is 2. The lowest BCUT2D eigenvalue weighted by Gasteiger charge is -2.25. The molecule has 0 radical (unpaired) electrons. The molecule has 2 aromatic heterocycles. The molecule has 0 spiro atoms. The Morgan fingerprint density at radius 1 is 1.12 bits per heavy atom. The molecule has 0 aliphatic heterocycles. The second-order valence-corrected chi connectivity index (χ2v) is 7.13. The van der Waals surface area contributed by atoms with Crippen LogP contribution in [0.5, 0.6) is 0 Å². The Kier molecular flexibility index (Phi) is 6.61. The summed E-state index contributed by atoms with van der Waals surface area (Å²) in [4.78, 5) is 30.1. The zero-order valence-corrected chi connectivity index (χ0v) is 17.6. The van der Waals surface area contributed by atoms with Crippen molar-refractivity contribution >= 4 is 11.9 Å². The number of benzene rings is 1. The number of hydrogen-bond donors (Lipinski definition) is 0. The summed E-state index contributed by atoms with van der Waals surface area (Å²) in [7, 11) is 1.62. The molecule has 7 nitrogen and oxygen atoms in total. The van der Waals surface area contributed by atoms with Crippen molar-refractivity contribution in [1.82, 2.24) is 19.7 Å². The van der Waals surface area contributed by atoms with E-state index in [-0.39, 0.29) is 23.3 Å². The minimum absolute atomic E-state index is 0.0817. The van der Waals surface area contributed by atoms with Gasteiger partial charge in [0.1, 0.15) is 5.56 Å². The number of aromatic nitrogens is 3. The van der Waals surface area contributed by atoms with Gasteiger partial charge in [-0.15, -0.1) is 0 Å². The molecule has 1 aromatic carbocycles. The minimum atomic E-state index is -4.50. The fourth-order valence-corrected chi connectivity index (χ4v) is 3.00. The Bertz CT molecular complexity index is 1100. The van der Waals surface area contributed by atoms with E-state index in [1.54, 1.807) is 14.0 Å². The smallest absolute Gasteiger partial charge is 0.417 e. The molecule has 0 bridgehead atoms. The van der Waals surface area contributed by atoms with E-state index in [9.17, 15) is 22.8 Å². The van der Waals surface area contributed by atoms with Gasteiger partial charge >= 0.3 is 12.1 Å². The summed E-state index contributed by atoms with van der Waals surface area (Å²) in [6.07, 6.45) is -2.59. The molecule has 0 aliphatic rings. The van der Waals surface area contributed by atoms with E-state index in [4.69, 9.17) is 4.74 Å². The summed E-state index contributed by atoms with van der Waals surface area (Å²) in [6.45, 7) is 2.95. The SMILES string of the molecule is Cc1c(C(=O)OCC(=O)N(C)[C@H](C)c2ccccc2)cnn1-c1ccc(C(F)(F)F)cn1. The van der Waals surface area contributed by atoms with Crippen molar-refractivity contribution in [2.45, 2.75) is 26.1 Å². The summed E-state index contributed by atoms with van der Waals surface area (Å²) >= 11 is 0. The summed E-state index contributed by atoms with van der Waals surface area (Å²) in [5, 5.41) is 4.01. The van der Waals surface area contributed by atoms with Crippen LogP contribution in [0.1, 0.15) is 40.1 Å². The maximum atomic E-state index is 12.7. The van der Waals surface area contributed by atoms with Crippen molar-refractivity contribution in [3.63, 3.8) is 0 Å². The first kappa shape index (κ1) is 23.0. The predicted octanol–water partition coefficient (Wildman–Crippen LogP) is 3.97. The molecule has 2 heterocycles. The molecule has 0 unspecified atom stereocenters. The van der Waals surface area contributed by atoms with E-state index in [0.29, 0.717) is 11.9 Å². The fourth-order valence-electron chi connectivity index (χ4n) is 3.00. The van der Waals surface area contributed by atoms with Gasteiger partial charge in [-0.3, -0.25) is 4.79 Å². The van der Waals surface area contributed by atoms with Gasteiger partial charge in [0, 0.05) is 13.2 Å². The zero-order valence-electron chi connectivity index (χ0n) is 17.6. The van der Waals surface area contributed by atoms with Crippen LogP contribution in [0.4, 0.5) is 13.2 Å². The van der Waals surface area contributed by atoms with Crippen LogP contribution in [-0.2, 0) is 15.7 Å². The number of alkyl halides is 3. The average molecular weight is 446 g/mol. The Morgan fingerprint density at radius 2 is 1.81 bits per heavy atom. The molecule has 1 amide bonds. The normalized spacial score (nSPS) is 12.3. The Labute approximate surface area is 182 Å². The number of carbonyl (C=O) groups is 2. The molecule has 32 heavy (non-hydrogen) atoms. The highest BCUT2D eigenvalue weighted by Crippen LogP contribution is 2.29. The summed E-state index contributed by atoms with van der Waals surface area (Å²) in [5.41, 5.74) is 0.452. The average Bonchev–Trinajstić information content (AvgIpc) is 3.17. The zero-order chi connectivity index (χ0) is 23.5. The molecular formula is C22H21F3N4O3. The maximum Gasteiger partial charge on any atom is 0.417 e. The van der Waals surface area contributed by atoms with Crippen molar-refractivity contribution in [3.8, 4) is 5.82 Å². The molecular weight excluding hydrogens is 425 g/mol. The third kappa shape index (κ3) is 4.96. The highest BCUT2D eigenvalue weighted by molar-refractivity contribution is 5.92. The van der Waals surface area contributed by atoms with Crippen LogP contribution >= 0.6 is 0 Å². The van der Waals surface area contributed by atoms with Gasteiger partial charge in [0.25, 0.3) is 5.91 Å². The van der Waals surface area contributed by atoms with Gasteiger partial charge in [-0.05, 0) is 31.5 Å². The van der Waals surface area contributed by atoms with Gasteiger partial charge in [0.15, 0.2) is 12.4 Å². The first-order valence-electron chi connectivity index (χ1n) is 9.65. The van der Waals surface area contributed by atoms with Gasteiger partial charge in [-0.1, -0.05) is 30.3 Å². The number of esters is 1. The van der Waals surface area contributed by atoms with E-state index < -0.39 is 24.3 Å².